The van der Waals surface area contributed by atoms with Crippen LogP contribution in [0.3, 0.4) is 0 Å². The molecule has 2 aliphatic heterocycles. The standard InChI is InChI=1S/C14H28N2O/c1-14(2)5-9-16(10-6-14)11-12-17-13-3-7-15-8-4-13/h13,15H,3-12H2,1-2H3. The first kappa shape index (κ1) is 13.3. The summed E-state index contributed by atoms with van der Waals surface area (Å²) < 4.78 is 5.96. The van der Waals surface area contributed by atoms with Gasteiger partial charge in [-0.3, -0.25) is 0 Å². The van der Waals surface area contributed by atoms with Gasteiger partial charge in [0.15, 0.2) is 0 Å². The third-order valence-corrected chi connectivity index (χ3v) is 4.26. The molecule has 1 N–H and O–H groups in total. The summed E-state index contributed by atoms with van der Waals surface area (Å²) in [6.07, 6.45) is 5.55. The van der Waals surface area contributed by atoms with E-state index >= 15 is 0 Å². The maximum absolute atomic E-state index is 5.96. The SMILES string of the molecule is CC1(C)CCN(CCOC2CCNCC2)CC1. The van der Waals surface area contributed by atoms with Gasteiger partial charge < -0.3 is 15.0 Å². The number of nitrogens with zero attached hydrogens (tertiary/aromatic N) is 1. The minimum Gasteiger partial charge on any atom is -0.377 e. The largest absolute Gasteiger partial charge is 0.377 e. The minimum atomic E-state index is 0.512. The van der Waals surface area contributed by atoms with Gasteiger partial charge in [-0.1, -0.05) is 13.8 Å². The predicted molar refractivity (Wildman–Crippen MR) is 71.3 cm³/mol. The Balaban J connectivity index is 1.56. The summed E-state index contributed by atoms with van der Waals surface area (Å²) in [6, 6.07) is 0. The monoisotopic (exact) mass is 240 g/mol. The molecule has 0 aromatic carbocycles. The highest BCUT2D eigenvalue weighted by Crippen LogP contribution is 2.29. The Morgan fingerprint density at radius 1 is 1.18 bits per heavy atom. The molecule has 0 spiro atoms. The molecule has 0 unspecified atom stereocenters. The first-order chi connectivity index (χ1) is 8.16. The third kappa shape index (κ3) is 4.57. The second kappa shape index (κ2) is 6.17. The number of likely N-dealkylation sites (tertiary alicyclic amines) is 1. The van der Waals surface area contributed by atoms with E-state index in [9.17, 15) is 0 Å². The fourth-order valence-corrected chi connectivity index (χ4v) is 2.69. The molecule has 0 amide bonds. The zero-order valence-electron chi connectivity index (χ0n) is 11.5. The Bertz CT molecular complexity index is 214. The van der Waals surface area contributed by atoms with Gasteiger partial charge in [-0.05, 0) is 57.3 Å². The Morgan fingerprint density at radius 3 is 2.47 bits per heavy atom. The lowest BCUT2D eigenvalue weighted by atomic mass is 9.83. The number of hydrogen-bond donors (Lipinski definition) is 1. The minimum absolute atomic E-state index is 0.512. The average molecular weight is 240 g/mol. The van der Waals surface area contributed by atoms with E-state index in [0.717, 1.165) is 26.2 Å². The molecule has 0 bridgehead atoms. The van der Waals surface area contributed by atoms with E-state index < -0.39 is 0 Å². The first-order valence-electron chi connectivity index (χ1n) is 7.20. The molecule has 0 aromatic heterocycles. The number of rotatable bonds is 4. The molecule has 2 heterocycles. The summed E-state index contributed by atoms with van der Waals surface area (Å²) in [7, 11) is 0. The molecule has 2 fully saturated rings. The van der Waals surface area contributed by atoms with Crippen molar-refractivity contribution in [2.75, 3.05) is 39.3 Å². The maximum Gasteiger partial charge on any atom is 0.0600 e. The molecule has 0 aliphatic carbocycles. The van der Waals surface area contributed by atoms with Crippen LogP contribution in [0.25, 0.3) is 0 Å². The summed E-state index contributed by atoms with van der Waals surface area (Å²) in [5.41, 5.74) is 0.562. The van der Waals surface area contributed by atoms with E-state index in [1.807, 2.05) is 0 Å². The summed E-state index contributed by atoms with van der Waals surface area (Å²) in [5, 5.41) is 3.37. The van der Waals surface area contributed by atoms with E-state index in [4.69, 9.17) is 4.74 Å². The van der Waals surface area contributed by atoms with Gasteiger partial charge >= 0.3 is 0 Å². The lowest BCUT2D eigenvalue weighted by molar-refractivity contribution is 0.0118. The van der Waals surface area contributed by atoms with Crippen molar-refractivity contribution >= 4 is 0 Å². The summed E-state index contributed by atoms with van der Waals surface area (Å²) in [4.78, 5) is 2.56. The van der Waals surface area contributed by atoms with E-state index in [0.29, 0.717) is 11.5 Å². The van der Waals surface area contributed by atoms with Gasteiger partial charge in [0.2, 0.25) is 0 Å². The average Bonchev–Trinajstić information content (AvgIpc) is 2.33. The van der Waals surface area contributed by atoms with Crippen molar-refractivity contribution in [1.29, 1.82) is 0 Å². The molecule has 2 rings (SSSR count). The second-order valence-corrected chi connectivity index (χ2v) is 6.33. The van der Waals surface area contributed by atoms with Crippen LogP contribution in [0.4, 0.5) is 0 Å². The topological polar surface area (TPSA) is 24.5 Å². The summed E-state index contributed by atoms with van der Waals surface area (Å²) in [6.45, 7) is 11.6. The van der Waals surface area contributed by atoms with Crippen LogP contribution in [0.2, 0.25) is 0 Å². The molecule has 2 aliphatic rings. The van der Waals surface area contributed by atoms with Gasteiger partial charge in [0.05, 0.1) is 12.7 Å². The quantitative estimate of drug-likeness (QED) is 0.812. The zero-order valence-corrected chi connectivity index (χ0v) is 11.5. The molecule has 17 heavy (non-hydrogen) atoms. The number of ether oxygens (including phenoxy) is 1. The zero-order chi connectivity index (χ0) is 12.1. The van der Waals surface area contributed by atoms with Crippen LogP contribution in [0.1, 0.15) is 39.5 Å². The molecule has 100 valence electrons. The molecular formula is C14H28N2O. The van der Waals surface area contributed by atoms with E-state index in [-0.39, 0.29) is 0 Å². The fraction of sp³-hybridized carbons (Fsp3) is 1.00. The van der Waals surface area contributed by atoms with Gasteiger partial charge in [-0.2, -0.15) is 0 Å². The number of piperidine rings is 2. The van der Waals surface area contributed by atoms with Gasteiger partial charge in [0.1, 0.15) is 0 Å². The van der Waals surface area contributed by atoms with E-state index in [2.05, 4.69) is 24.1 Å². The van der Waals surface area contributed by atoms with E-state index in [1.165, 1.54) is 38.8 Å². The smallest absolute Gasteiger partial charge is 0.0600 e. The van der Waals surface area contributed by atoms with E-state index in [1.54, 1.807) is 0 Å². The van der Waals surface area contributed by atoms with Crippen LogP contribution >= 0.6 is 0 Å². The van der Waals surface area contributed by atoms with Gasteiger partial charge in [-0.25, -0.2) is 0 Å². The van der Waals surface area contributed by atoms with Gasteiger partial charge in [-0.15, -0.1) is 0 Å². The molecule has 0 atom stereocenters. The molecular weight excluding hydrogens is 212 g/mol. The van der Waals surface area contributed by atoms with Crippen molar-refractivity contribution in [3.05, 3.63) is 0 Å². The van der Waals surface area contributed by atoms with Crippen LogP contribution in [-0.4, -0.2) is 50.3 Å². The lowest BCUT2D eigenvalue weighted by Crippen LogP contribution is -2.40. The molecule has 2 saturated heterocycles. The molecule has 3 nitrogen and oxygen atoms in total. The van der Waals surface area contributed by atoms with Crippen LogP contribution in [0.15, 0.2) is 0 Å². The molecule has 0 saturated carbocycles. The number of nitrogens with one attached hydrogen (secondary N) is 1. The summed E-state index contributed by atoms with van der Waals surface area (Å²) >= 11 is 0. The third-order valence-electron chi connectivity index (χ3n) is 4.26. The Kier molecular flexibility index (Phi) is 4.83. The Labute approximate surface area is 106 Å². The van der Waals surface area contributed by atoms with Crippen LogP contribution in [0, 0.1) is 5.41 Å². The summed E-state index contributed by atoms with van der Waals surface area (Å²) in [5.74, 6) is 0. The van der Waals surface area contributed by atoms with Crippen molar-refractivity contribution < 1.29 is 4.74 Å². The molecule has 3 heteroatoms. The predicted octanol–water partition coefficient (Wildman–Crippen LogP) is 1.88. The Hall–Kier alpha value is -0.120. The highest BCUT2D eigenvalue weighted by atomic mass is 16.5. The fourth-order valence-electron chi connectivity index (χ4n) is 2.69. The van der Waals surface area contributed by atoms with Crippen molar-refractivity contribution in [3.63, 3.8) is 0 Å². The lowest BCUT2D eigenvalue weighted by Gasteiger charge is -2.37. The second-order valence-electron chi connectivity index (χ2n) is 6.33. The van der Waals surface area contributed by atoms with Crippen molar-refractivity contribution in [1.82, 2.24) is 10.2 Å². The number of hydrogen-bond acceptors (Lipinski definition) is 3. The molecule has 0 aromatic rings. The first-order valence-corrected chi connectivity index (χ1v) is 7.20. The van der Waals surface area contributed by atoms with Crippen LogP contribution < -0.4 is 5.32 Å². The van der Waals surface area contributed by atoms with Crippen molar-refractivity contribution in [3.8, 4) is 0 Å². The van der Waals surface area contributed by atoms with Crippen LogP contribution in [0.5, 0.6) is 0 Å². The van der Waals surface area contributed by atoms with Crippen molar-refractivity contribution in [2.45, 2.75) is 45.6 Å². The van der Waals surface area contributed by atoms with Gasteiger partial charge in [0.25, 0.3) is 0 Å². The highest BCUT2D eigenvalue weighted by Gasteiger charge is 2.25. The maximum atomic E-state index is 5.96. The normalized spacial score (nSPS) is 27.2. The van der Waals surface area contributed by atoms with Gasteiger partial charge in [0, 0.05) is 6.54 Å². The molecule has 0 radical (unpaired) electrons. The Morgan fingerprint density at radius 2 is 1.82 bits per heavy atom. The van der Waals surface area contributed by atoms with Crippen molar-refractivity contribution in [2.24, 2.45) is 5.41 Å². The highest BCUT2D eigenvalue weighted by molar-refractivity contribution is 4.78. The van der Waals surface area contributed by atoms with Crippen LogP contribution in [-0.2, 0) is 4.74 Å².